The minimum Gasteiger partial charge on any atom is -0.375 e. The Balaban J connectivity index is 1.19. The second kappa shape index (κ2) is 11.1. The number of sulfonamides is 1. The fourth-order valence-corrected chi connectivity index (χ4v) is 7.43. The summed E-state index contributed by atoms with van der Waals surface area (Å²) in [6.07, 6.45) is 6.91. The van der Waals surface area contributed by atoms with Crippen LogP contribution in [0.2, 0.25) is 0 Å². The first kappa shape index (κ1) is 27.4. The zero-order chi connectivity index (χ0) is 27.6. The maximum Gasteiger partial charge on any atom is 0.245 e. The molecule has 0 radical (unpaired) electrons. The van der Waals surface area contributed by atoms with Crippen LogP contribution in [0.25, 0.3) is 11.0 Å². The Hall–Kier alpha value is -3.18. The summed E-state index contributed by atoms with van der Waals surface area (Å²) in [5, 5.41) is 7.17. The van der Waals surface area contributed by atoms with Crippen LogP contribution >= 0.6 is 0 Å². The summed E-state index contributed by atoms with van der Waals surface area (Å²) >= 11 is 0. The number of H-pyrrole nitrogens is 1. The third-order valence-electron chi connectivity index (χ3n) is 8.04. The van der Waals surface area contributed by atoms with Gasteiger partial charge in [-0.1, -0.05) is 32.9 Å². The Kier molecular flexibility index (Phi) is 7.82. The number of carbonyl (C=O) groups is 1. The minimum atomic E-state index is -3.67. The minimum absolute atomic E-state index is 0.00923. The zero-order valence-corrected chi connectivity index (χ0v) is 23.8. The number of hydrogen-bond donors (Lipinski definition) is 3. The molecule has 0 unspecified atom stereocenters. The van der Waals surface area contributed by atoms with Gasteiger partial charge >= 0.3 is 0 Å². The molecule has 210 valence electrons. The highest BCUT2D eigenvalue weighted by molar-refractivity contribution is 7.89. The molecule has 4 heterocycles. The van der Waals surface area contributed by atoms with Crippen LogP contribution in [0.5, 0.6) is 0 Å². The fraction of sp³-hybridized carbons (Fsp3) is 0.536. The van der Waals surface area contributed by atoms with Crippen molar-refractivity contribution in [2.45, 2.75) is 57.4 Å². The maximum atomic E-state index is 13.5. The summed E-state index contributed by atoms with van der Waals surface area (Å²) in [6.45, 7) is 9.18. The predicted octanol–water partition coefficient (Wildman–Crippen LogP) is 3.60. The molecule has 3 aromatic rings. The summed E-state index contributed by atoms with van der Waals surface area (Å²) in [5.41, 5.74) is 1.41. The number of piperidine rings is 2. The number of benzene rings is 1. The number of nitrogens with zero attached hydrogens (tertiary/aromatic N) is 4. The van der Waals surface area contributed by atoms with Crippen molar-refractivity contribution >= 4 is 38.5 Å². The van der Waals surface area contributed by atoms with Crippen LogP contribution in [-0.4, -0.2) is 72.3 Å². The number of nitrogens with one attached hydrogen (secondary N) is 3. The van der Waals surface area contributed by atoms with Gasteiger partial charge in [-0.15, -0.1) is 0 Å². The monoisotopic (exact) mass is 553 g/mol. The quantitative estimate of drug-likeness (QED) is 0.408. The third-order valence-corrected chi connectivity index (χ3v) is 10.00. The van der Waals surface area contributed by atoms with Crippen molar-refractivity contribution in [3.8, 4) is 0 Å². The molecule has 2 aromatic heterocycles. The van der Waals surface area contributed by atoms with Gasteiger partial charge in [-0.2, -0.15) is 4.31 Å². The van der Waals surface area contributed by atoms with Gasteiger partial charge in [0.1, 0.15) is 22.7 Å². The molecule has 10 nitrogen and oxygen atoms in total. The summed E-state index contributed by atoms with van der Waals surface area (Å²) < 4.78 is 28.7. The van der Waals surface area contributed by atoms with Gasteiger partial charge in [-0.05, 0) is 55.2 Å². The largest absolute Gasteiger partial charge is 0.375 e. The number of aromatic amines is 1. The summed E-state index contributed by atoms with van der Waals surface area (Å²) in [6, 6.07) is 8.80. The van der Waals surface area contributed by atoms with Crippen LogP contribution in [0.15, 0.2) is 47.8 Å². The van der Waals surface area contributed by atoms with E-state index in [0.717, 1.165) is 49.1 Å². The molecule has 2 aliphatic heterocycles. The van der Waals surface area contributed by atoms with Crippen molar-refractivity contribution in [1.29, 1.82) is 0 Å². The van der Waals surface area contributed by atoms with E-state index in [1.54, 1.807) is 34.9 Å². The van der Waals surface area contributed by atoms with E-state index in [1.165, 1.54) is 0 Å². The van der Waals surface area contributed by atoms with Crippen LogP contribution in [0.3, 0.4) is 0 Å². The number of rotatable bonds is 7. The number of hydrogen-bond acceptors (Lipinski definition) is 7. The molecule has 2 fully saturated rings. The molecule has 11 heteroatoms. The smallest absolute Gasteiger partial charge is 0.245 e. The number of para-hydroxylation sites is 1. The van der Waals surface area contributed by atoms with Gasteiger partial charge in [0.15, 0.2) is 0 Å². The molecule has 0 saturated carbocycles. The van der Waals surface area contributed by atoms with Crippen LogP contribution < -0.4 is 15.5 Å². The predicted molar refractivity (Wildman–Crippen MR) is 153 cm³/mol. The second-order valence-corrected chi connectivity index (χ2v) is 13.6. The number of aromatic nitrogens is 3. The van der Waals surface area contributed by atoms with E-state index in [2.05, 4.69) is 51.3 Å². The lowest BCUT2D eigenvalue weighted by Crippen LogP contribution is -2.49. The van der Waals surface area contributed by atoms with E-state index in [0.29, 0.717) is 31.2 Å². The molecule has 1 amide bonds. The van der Waals surface area contributed by atoms with E-state index in [4.69, 9.17) is 0 Å². The van der Waals surface area contributed by atoms with Gasteiger partial charge in [0.25, 0.3) is 0 Å². The topological polar surface area (TPSA) is 123 Å². The van der Waals surface area contributed by atoms with Crippen molar-refractivity contribution in [3.63, 3.8) is 0 Å². The first-order valence-corrected chi connectivity index (χ1v) is 15.2. The van der Waals surface area contributed by atoms with Crippen molar-refractivity contribution in [3.05, 3.63) is 42.9 Å². The average Bonchev–Trinajstić information content (AvgIpc) is 3.41. The maximum absolute atomic E-state index is 13.5. The van der Waals surface area contributed by atoms with Gasteiger partial charge in [0.05, 0.1) is 17.6 Å². The van der Waals surface area contributed by atoms with Gasteiger partial charge in [0, 0.05) is 38.4 Å². The summed E-state index contributed by atoms with van der Waals surface area (Å²) in [5.74, 6) is 1.19. The summed E-state index contributed by atoms with van der Waals surface area (Å²) in [4.78, 5) is 27.2. The molecule has 0 bridgehead atoms. The Morgan fingerprint density at radius 1 is 1.08 bits per heavy atom. The Labute approximate surface area is 230 Å². The van der Waals surface area contributed by atoms with E-state index in [-0.39, 0.29) is 28.8 Å². The molecule has 1 aromatic carbocycles. The van der Waals surface area contributed by atoms with Crippen LogP contribution in [-0.2, 0) is 14.8 Å². The standard InChI is InChI=1S/C28H39N7O3S/c1-28(2,3)20-11-15-35(16-12-20)39(37,38)24-9-5-4-8-23(24)30-17-25(36)33-21-7-6-14-34(18-21)27-22-10-13-29-26(22)31-19-32-27/h4-5,8-10,13,19-21,30H,6-7,11-12,14-18H2,1-3H3,(H,33,36)(H,29,31,32)/t21-/m1/s1. The zero-order valence-electron chi connectivity index (χ0n) is 23.0. The highest BCUT2D eigenvalue weighted by Gasteiger charge is 2.35. The van der Waals surface area contributed by atoms with E-state index < -0.39 is 10.0 Å². The molecular weight excluding hydrogens is 514 g/mol. The SMILES string of the molecule is CC(C)(C)C1CCN(S(=O)(=O)c2ccccc2NCC(=O)N[C@@H]2CCCN(c3ncnc4[nH]ccc34)C2)CC1. The van der Waals surface area contributed by atoms with Gasteiger partial charge < -0.3 is 20.5 Å². The number of amides is 1. The first-order valence-electron chi connectivity index (χ1n) is 13.8. The average molecular weight is 554 g/mol. The second-order valence-electron chi connectivity index (χ2n) is 11.7. The molecule has 3 N–H and O–H groups in total. The lowest BCUT2D eigenvalue weighted by atomic mass is 9.76. The normalized spacial score (nSPS) is 19.8. The van der Waals surface area contributed by atoms with E-state index >= 15 is 0 Å². The molecule has 0 spiro atoms. The van der Waals surface area contributed by atoms with Gasteiger partial charge in [0.2, 0.25) is 15.9 Å². The van der Waals surface area contributed by atoms with Crippen molar-refractivity contribution in [2.75, 3.05) is 42.9 Å². The first-order chi connectivity index (χ1) is 18.6. The Morgan fingerprint density at radius 3 is 2.62 bits per heavy atom. The lowest BCUT2D eigenvalue weighted by Gasteiger charge is -2.38. The van der Waals surface area contributed by atoms with Crippen LogP contribution in [0.1, 0.15) is 46.5 Å². The van der Waals surface area contributed by atoms with Crippen LogP contribution in [0.4, 0.5) is 11.5 Å². The lowest BCUT2D eigenvalue weighted by molar-refractivity contribution is -0.120. The molecular formula is C28H39N7O3S. The highest BCUT2D eigenvalue weighted by Crippen LogP contribution is 2.36. The van der Waals surface area contributed by atoms with Crippen molar-refractivity contribution in [1.82, 2.24) is 24.6 Å². The molecule has 39 heavy (non-hydrogen) atoms. The molecule has 5 rings (SSSR count). The number of anilines is 2. The van der Waals surface area contributed by atoms with Crippen LogP contribution in [0, 0.1) is 11.3 Å². The van der Waals surface area contributed by atoms with Crippen molar-refractivity contribution < 1.29 is 13.2 Å². The third kappa shape index (κ3) is 6.04. The van der Waals surface area contributed by atoms with E-state index in [9.17, 15) is 13.2 Å². The Morgan fingerprint density at radius 2 is 1.85 bits per heavy atom. The molecule has 2 aliphatic rings. The number of carbonyl (C=O) groups excluding carboxylic acids is 1. The summed E-state index contributed by atoms with van der Waals surface area (Å²) in [7, 11) is -3.67. The van der Waals surface area contributed by atoms with Gasteiger partial charge in [-0.25, -0.2) is 18.4 Å². The molecule has 2 saturated heterocycles. The van der Waals surface area contributed by atoms with E-state index in [1.807, 2.05) is 12.3 Å². The molecule has 1 atom stereocenters. The van der Waals surface area contributed by atoms with Crippen molar-refractivity contribution in [2.24, 2.45) is 11.3 Å². The molecule has 0 aliphatic carbocycles. The fourth-order valence-electron chi connectivity index (χ4n) is 5.79. The Bertz CT molecular complexity index is 1410. The highest BCUT2D eigenvalue weighted by atomic mass is 32.2. The number of fused-ring (bicyclic) bond motifs is 1. The van der Waals surface area contributed by atoms with Gasteiger partial charge in [-0.3, -0.25) is 4.79 Å².